The van der Waals surface area contributed by atoms with Crippen LogP contribution in [0.1, 0.15) is 22.3 Å². The number of methoxy groups -OCH3 is 1. The van der Waals surface area contributed by atoms with Crippen molar-refractivity contribution in [3.05, 3.63) is 64.7 Å². The topological polar surface area (TPSA) is 75.6 Å². The highest BCUT2D eigenvalue weighted by Gasteiger charge is 2.37. The molecule has 0 aliphatic rings. The SMILES string of the molecule is COc1cccc(C[C@H](NC(=O)Cc2cc(C(F)(F)F)cc(C(F)(F)F)c2)C(=O)O)c1. The number of carboxylic acids is 1. The van der Waals surface area contributed by atoms with Crippen molar-refractivity contribution >= 4 is 11.9 Å². The average Bonchev–Trinajstić information content (AvgIpc) is 2.66. The molecule has 2 N–H and O–H groups in total. The Hall–Kier alpha value is -3.24. The van der Waals surface area contributed by atoms with E-state index in [0.29, 0.717) is 23.4 Å². The standard InChI is InChI=1S/C20H17F6NO4/c1-31-15-4-2-3-11(7-15)8-16(18(29)30)27-17(28)9-12-5-13(19(21,22)23)10-14(6-12)20(24,25)26/h2-7,10,16H,8-9H2,1H3,(H,27,28)(H,29,30)/t16-/m0/s1. The number of hydrogen-bond acceptors (Lipinski definition) is 3. The third kappa shape index (κ3) is 6.90. The number of amides is 1. The lowest BCUT2D eigenvalue weighted by atomic mass is 10.0. The number of halogens is 6. The molecule has 0 aliphatic heterocycles. The van der Waals surface area contributed by atoms with E-state index in [-0.39, 0.29) is 12.5 Å². The summed E-state index contributed by atoms with van der Waals surface area (Å²) in [5.41, 5.74) is -3.18. The van der Waals surface area contributed by atoms with Crippen LogP contribution in [0.2, 0.25) is 0 Å². The molecule has 11 heteroatoms. The smallest absolute Gasteiger partial charge is 0.416 e. The molecule has 0 saturated carbocycles. The fraction of sp³-hybridized carbons (Fsp3) is 0.300. The minimum Gasteiger partial charge on any atom is -0.497 e. The molecule has 2 aromatic rings. The Balaban J connectivity index is 2.21. The number of aliphatic carboxylic acids is 1. The first kappa shape index (κ1) is 24.0. The normalized spacial score (nSPS) is 12.9. The zero-order valence-corrected chi connectivity index (χ0v) is 16.0. The number of alkyl halides is 6. The Morgan fingerprint density at radius 1 is 0.968 bits per heavy atom. The van der Waals surface area contributed by atoms with E-state index in [2.05, 4.69) is 5.32 Å². The maximum absolute atomic E-state index is 12.9. The van der Waals surface area contributed by atoms with Crippen molar-refractivity contribution in [2.24, 2.45) is 0 Å². The van der Waals surface area contributed by atoms with Crippen molar-refractivity contribution in [3.8, 4) is 5.75 Å². The van der Waals surface area contributed by atoms with E-state index in [1.165, 1.54) is 13.2 Å². The van der Waals surface area contributed by atoms with Crippen LogP contribution < -0.4 is 10.1 Å². The second-order valence-electron chi connectivity index (χ2n) is 6.60. The molecule has 0 radical (unpaired) electrons. The maximum atomic E-state index is 12.9. The first-order chi connectivity index (χ1) is 14.3. The average molecular weight is 449 g/mol. The largest absolute Gasteiger partial charge is 0.497 e. The Morgan fingerprint density at radius 3 is 2.03 bits per heavy atom. The third-order valence-electron chi connectivity index (χ3n) is 4.22. The number of benzene rings is 2. The number of carbonyl (C=O) groups is 2. The van der Waals surface area contributed by atoms with Gasteiger partial charge in [-0.3, -0.25) is 4.79 Å². The third-order valence-corrected chi connectivity index (χ3v) is 4.22. The van der Waals surface area contributed by atoms with Crippen LogP contribution in [0.15, 0.2) is 42.5 Å². The van der Waals surface area contributed by atoms with Crippen molar-refractivity contribution in [3.63, 3.8) is 0 Å². The Morgan fingerprint density at radius 2 is 1.55 bits per heavy atom. The highest BCUT2D eigenvalue weighted by atomic mass is 19.4. The lowest BCUT2D eigenvalue weighted by Gasteiger charge is -2.17. The maximum Gasteiger partial charge on any atom is 0.416 e. The Kier molecular flexibility index (Phi) is 7.19. The van der Waals surface area contributed by atoms with E-state index in [1.807, 2.05) is 0 Å². The van der Waals surface area contributed by atoms with Gasteiger partial charge in [-0.1, -0.05) is 12.1 Å². The van der Waals surface area contributed by atoms with Gasteiger partial charge in [0.25, 0.3) is 0 Å². The molecule has 1 atom stereocenters. The van der Waals surface area contributed by atoms with Crippen LogP contribution in [0.25, 0.3) is 0 Å². The van der Waals surface area contributed by atoms with Crippen LogP contribution in [0, 0.1) is 0 Å². The molecule has 5 nitrogen and oxygen atoms in total. The number of nitrogens with one attached hydrogen (secondary N) is 1. The van der Waals surface area contributed by atoms with Gasteiger partial charge in [0.2, 0.25) is 5.91 Å². The van der Waals surface area contributed by atoms with Gasteiger partial charge >= 0.3 is 18.3 Å². The van der Waals surface area contributed by atoms with Crippen LogP contribution in [0.5, 0.6) is 5.75 Å². The van der Waals surface area contributed by atoms with E-state index < -0.39 is 53.4 Å². The molecule has 168 valence electrons. The molecule has 0 spiro atoms. The van der Waals surface area contributed by atoms with Crippen LogP contribution in [-0.4, -0.2) is 30.1 Å². The van der Waals surface area contributed by atoms with Gasteiger partial charge in [0, 0.05) is 6.42 Å². The van der Waals surface area contributed by atoms with Crippen molar-refractivity contribution in [2.45, 2.75) is 31.2 Å². The molecule has 2 aromatic carbocycles. The van der Waals surface area contributed by atoms with E-state index in [1.54, 1.807) is 18.2 Å². The summed E-state index contributed by atoms with van der Waals surface area (Å²) in [5, 5.41) is 11.5. The fourth-order valence-corrected chi connectivity index (χ4v) is 2.79. The quantitative estimate of drug-likeness (QED) is 0.625. The summed E-state index contributed by atoms with van der Waals surface area (Å²) < 4.78 is 82.6. The van der Waals surface area contributed by atoms with Gasteiger partial charge in [-0.05, 0) is 41.5 Å². The molecule has 31 heavy (non-hydrogen) atoms. The molecule has 0 saturated heterocycles. The molecule has 0 aromatic heterocycles. The summed E-state index contributed by atoms with van der Waals surface area (Å²) in [6.45, 7) is 0. The number of ether oxygens (including phenoxy) is 1. The van der Waals surface area contributed by atoms with Gasteiger partial charge in [-0.2, -0.15) is 26.3 Å². The summed E-state index contributed by atoms with van der Waals surface area (Å²) in [7, 11) is 1.40. The van der Waals surface area contributed by atoms with Gasteiger partial charge in [-0.25, -0.2) is 4.79 Å². The van der Waals surface area contributed by atoms with Gasteiger partial charge in [0.15, 0.2) is 0 Å². The number of carboxylic acid groups (broad SMARTS) is 1. The highest BCUT2D eigenvalue weighted by molar-refractivity contribution is 5.85. The summed E-state index contributed by atoms with van der Waals surface area (Å²) in [4.78, 5) is 23.7. The van der Waals surface area contributed by atoms with Crippen LogP contribution in [0.4, 0.5) is 26.3 Å². The summed E-state index contributed by atoms with van der Waals surface area (Å²) >= 11 is 0. The Labute approximate surface area is 172 Å². The predicted octanol–water partition coefficient (Wildman–Crippen LogP) is 4.09. The molecular formula is C20H17F6NO4. The second-order valence-corrected chi connectivity index (χ2v) is 6.60. The monoisotopic (exact) mass is 449 g/mol. The zero-order chi connectivity index (χ0) is 23.4. The lowest BCUT2D eigenvalue weighted by molar-refractivity contribution is -0.143. The van der Waals surface area contributed by atoms with Crippen molar-refractivity contribution in [2.75, 3.05) is 7.11 Å². The van der Waals surface area contributed by atoms with E-state index in [4.69, 9.17) is 4.74 Å². The molecule has 0 fully saturated rings. The number of rotatable bonds is 7. The van der Waals surface area contributed by atoms with E-state index >= 15 is 0 Å². The summed E-state index contributed by atoms with van der Waals surface area (Å²) in [6, 6.07) is 5.66. The molecule has 0 unspecified atom stereocenters. The summed E-state index contributed by atoms with van der Waals surface area (Å²) in [6.07, 6.45) is -11.1. The fourth-order valence-electron chi connectivity index (χ4n) is 2.79. The number of carbonyl (C=O) groups excluding carboxylic acids is 1. The first-order valence-corrected chi connectivity index (χ1v) is 8.73. The molecule has 2 rings (SSSR count). The van der Waals surface area contributed by atoms with Crippen LogP contribution in [0.3, 0.4) is 0 Å². The van der Waals surface area contributed by atoms with E-state index in [0.717, 1.165) is 0 Å². The molecular weight excluding hydrogens is 432 g/mol. The van der Waals surface area contributed by atoms with Crippen LogP contribution >= 0.6 is 0 Å². The van der Waals surface area contributed by atoms with Crippen LogP contribution in [-0.2, 0) is 34.8 Å². The lowest BCUT2D eigenvalue weighted by Crippen LogP contribution is -2.43. The minimum absolute atomic E-state index is 0.0513. The van der Waals surface area contributed by atoms with Gasteiger partial charge in [-0.15, -0.1) is 0 Å². The van der Waals surface area contributed by atoms with Gasteiger partial charge in [0.1, 0.15) is 11.8 Å². The number of hydrogen-bond donors (Lipinski definition) is 2. The predicted molar refractivity (Wildman–Crippen MR) is 96.4 cm³/mol. The second kappa shape index (κ2) is 9.27. The molecule has 0 heterocycles. The van der Waals surface area contributed by atoms with Crippen molar-refractivity contribution < 1.29 is 45.8 Å². The van der Waals surface area contributed by atoms with Gasteiger partial charge in [0.05, 0.1) is 24.7 Å². The van der Waals surface area contributed by atoms with Crippen molar-refractivity contribution in [1.29, 1.82) is 0 Å². The molecule has 0 aliphatic carbocycles. The molecule has 0 bridgehead atoms. The van der Waals surface area contributed by atoms with Crippen molar-refractivity contribution in [1.82, 2.24) is 5.32 Å². The highest BCUT2D eigenvalue weighted by Crippen LogP contribution is 2.36. The first-order valence-electron chi connectivity index (χ1n) is 8.73. The zero-order valence-electron chi connectivity index (χ0n) is 16.0. The van der Waals surface area contributed by atoms with E-state index in [9.17, 15) is 41.0 Å². The summed E-state index contributed by atoms with van der Waals surface area (Å²) in [5.74, 6) is -2.02. The van der Waals surface area contributed by atoms with Gasteiger partial charge < -0.3 is 15.2 Å². The minimum atomic E-state index is -5.05. The molecule has 1 amide bonds. The Bertz CT molecular complexity index is 923.